The van der Waals surface area contributed by atoms with Crippen LogP contribution in [0.3, 0.4) is 0 Å². The second kappa shape index (κ2) is 8.02. The van der Waals surface area contributed by atoms with Gasteiger partial charge in [0.2, 0.25) is 5.91 Å². The van der Waals surface area contributed by atoms with Crippen molar-refractivity contribution in [2.45, 2.75) is 25.7 Å². The average molecular weight is 398 g/mol. The number of aryl methyl sites for hydroxylation is 2. The molecule has 0 radical (unpaired) electrons. The first-order chi connectivity index (χ1) is 13.2. The Hall–Kier alpha value is -2.51. The Morgan fingerprint density at radius 1 is 1.07 bits per heavy atom. The fourth-order valence-corrected chi connectivity index (χ4v) is 4.55. The van der Waals surface area contributed by atoms with Crippen LogP contribution in [0.1, 0.15) is 34.3 Å². The first-order valence-corrected chi connectivity index (χ1v) is 10.7. The van der Waals surface area contributed by atoms with Crippen LogP contribution in [0.4, 0.5) is 5.13 Å². The van der Waals surface area contributed by atoms with Gasteiger partial charge in [-0.15, -0.1) is 11.3 Å². The summed E-state index contributed by atoms with van der Waals surface area (Å²) in [5.41, 5.74) is 5.37. The standard InChI is InChI=1S/C20H19N3O2S2/c24-18(10-21-19(25)16-7-8-26-11-16)23-20-22-17(12-27-20)15-6-5-13-3-1-2-4-14(13)9-15/h5-9,11-12H,1-4,10H2,(H,21,25)(H,22,23,24). The molecule has 2 aromatic heterocycles. The van der Waals surface area contributed by atoms with Crippen LogP contribution >= 0.6 is 22.7 Å². The van der Waals surface area contributed by atoms with Gasteiger partial charge in [-0.25, -0.2) is 4.98 Å². The fourth-order valence-electron chi connectivity index (χ4n) is 3.18. The van der Waals surface area contributed by atoms with Crippen molar-refractivity contribution in [3.05, 3.63) is 57.1 Å². The number of rotatable bonds is 5. The van der Waals surface area contributed by atoms with Crippen LogP contribution in [0, 0.1) is 0 Å². The number of hydrogen-bond acceptors (Lipinski definition) is 5. The maximum absolute atomic E-state index is 12.1. The topological polar surface area (TPSA) is 71.1 Å². The van der Waals surface area contributed by atoms with E-state index in [2.05, 4.69) is 33.8 Å². The third-order valence-corrected chi connectivity index (χ3v) is 6.03. The van der Waals surface area contributed by atoms with E-state index in [1.54, 1.807) is 11.4 Å². The van der Waals surface area contributed by atoms with Crippen molar-refractivity contribution in [2.24, 2.45) is 0 Å². The van der Waals surface area contributed by atoms with Crippen LogP contribution in [0.15, 0.2) is 40.4 Å². The lowest BCUT2D eigenvalue weighted by Crippen LogP contribution is -2.32. The molecule has 27 heavy (non-hydrogen) atoms. The number of carbonyl (C=O) groups excluding carboxylic acids is 2. The van der Waals surface area contributed by atoms with E-state index in [0.29, 0.717) is 10.7 Å². The first kappa shape index (κ1) is 17.9. The molecule has 0 aliphatic heterocycles. The number of anilines is 1. The zero-order valence-corrected chi connectivity index (χ0v) is 16.3. The van der Waals surface area contributed by atoms with Gasteiger partial charge in [0.25, 0.3) is 5.91 Å². The smallest absolute Gasteiger partial charge is 0.252 e. The van der Waals surface area contributed by atoms with Gasteiger partial charge in [0.1, 0.15) is 0 Å². The van der Waals surface area contributed by atoms with Crippen LogP contribution in [0.5, 0.6) is 0 Å². The van der Waals surface area contributed by atoms with Crippen LogP contribution in [-0.4, -0.2) is 23.3 Å². The summed E-state index contributed by atoms with van der Waals surface area (Å²) in [6.07, 6.45) is 4.79. The van der Waals surface area contributed by atoms with Gasteiger partial charge >= 0.3 is 0 Å². The van der Waals surface area contributed by atoms with Crippen LogP contribution in [-0.2, 0) is 17.6 Å². The largest absolute Gasteiger partial charge is 0.343 e. The lowest BCUT2D eigenvalue weighted by atomic mass is 9.90. The number of thiophene rings is 1. The van der Waals surface area contributed by atoms with Gasteiger partial charge in [0, 0.05) is 21.9 Å². The highest BCUT2D eigenvalue weighted by Gasteiger charge is 2.13. The van der Waals surface area contributed by atoms with Crippen molar-refractivity contribution >= 4 is 39.6 Å². The molecule has 0 bridgehead atoms. The minimum Gasteiger partial charge on any atom is -0.343 e. The van der Waals surface area contributed by atoms with E-state index in [1.807, 2.05) is 10.8 Å². The maximum atomic E-state index is 12.1. The molecule has 1 aliphatic carbocycles. The number of amides is 2. The summed E-state index contributed by atoms with van der Waals surface area (Å²) in [5, 5.41) is 11.4. The molecule has 1 aromatic carbocycles. The minimum atomic E-state index is -0.287. The van der Waals surface area contributed by atoms with Crippen LogP contribution in [0.2, 0.25) is 0 Å². The van der Waals surface area contributed by atoms with E-state index < -0.39 is 0 Å². The number of fused-ring (bicyclic) bond motifs is 1. The average Bonchev–Trinajstić information content (AvgIpc) is 3.38. The zero-order chi connectivity index (χ0) is 18.6. The number of benzene rings is 1. The lowest BCUT2D eigenvalue weighted by molar-refractivity contribution is -0.115. The van der Waals surface area contributed by atoms with Gasteiger partial charge in [-0.3, -0.25) is 9.59 Å². The maximum Gasteiger partial charge on any atom is 0.252 e. The molecule has 7 heteroatoms. The molecule has 2 N–H and O–H groups in total. The monoisotopic (exact) mass is 397 g/mol. The molecule has 4 rings (SSSR count). The van der Waals surface area contributed by atoms with Crippen LogP contribution in [0.25, 0.3) is 11.3 Å². The van der Waals surface area contributed by atoms with E-state index in [4.69, 9.17) is 0 Å². The second-order valence-corrected chi connectivity index (χ2v) is 8.11. The Bertz CT molecular complexity index is 964. The predicted octanol–water partition coefficient (Wildman–Crippen LogP) is 4.12. The van der Waals surface area contributed by atoms with E-state index in [0.717, 1.165) is 24.1 Å². The quantitative estimate of drug-likeness (QED) is 0.680. The summed E-state index contributed by atoms with van der Waals surface area (Å²) >= 11 is 2.83. The second-order valence-electron chi connectivity index (χ2n) is 6.47. The van der Waals surface area contributed by atoms with Gasteiger partial charge in [-0.2, -0.15) is 11.3 Å². The number of nitrogens with zero attached hydrogens (tertiary/aromatic N) is 1. The third kappa shape index (κ3) is 4.26. The summed E-state index contributed by atoms with van der Waals surface area (Å²) in [4.78, 5) is 28.5. The van der Waals surface area contributed by atoms with Crippen molar-refractivity contribution < 1.29 is 9.59 Å². The first-order valence-electron chi connectivity index (χ1n) is 8.87. The SMILES string of the molecule is O=C(CNC(=O)c1ccsc1)Nc1nc(-c2ccc3c(c2)CCCC3)cs1. The van der Waals surface area contributed by atoms with Gasteiger partial charge in [0.15, 0.2) is 5.13 Å². The molecule has 2 heterocycles. The number of carbonyl (C=O) groups is 2. The third-order valence-electron chi connectivity index (χ3n) is 4.59. The van der Waals surface area contributed by atoms with Gasteiger partial charge in [0.05, 0.1) is 12.2 Å². The molecule has 138 valence electrons. The molecular weight excluding hydrogens is 378 g/mol. The van der Waals surface area contributed by atoms with E-state index in [-0.39, 0.29) is 18.4 Å². The number of thiazole rings is 1. The van der Waals surface area contributed by atoms with E-state index in [1.165, 1.54) is 46.6 Å². The summed E-state index contributed by atoms with van der Waals surface area (Å²) in [6, 6.07) is 8.24. The van der Waals surface area contributed by atoms with Crippen molar-refractivity contribution in [3.8, 4) is 11.3 Å². The normalized spacial score (nSPS) is 13.0. The molecule has 1 aliphatic rings. The van der Waals surface area contributed by atoms with Crippen molar-refractivity contribution in [2.75, 3.05) is 11.9 Å². The van der Waals surface area contributed by atoms with Crippen molar-refractivity contribution in [1.29, 1.82) is 0 Å². The van der Waals surface area contributed by atoms with Gasteiger partial charge in [-0.1, -0.05) is 12.1 Å². The molecule has 0 saturated carbocycles. The lowest BCUT2D eigenvalue weighted by Gasteiger charge is -2.16. The fraction of sp³-hybridized carbons (Fsp3) is 0.250. The van der Waals surface area contributed by atoms with E-state index in [9.17, 15) is 9.59 Å². The summed E-state index contributed by atoms with van der Waals surface area (Å²) in [5.74, 6) is -0.537. The minimum absolute atomic E-state index is 0.0809. The highest BCUT2D eigenvalue weighted by atomic mass is 32.1. The Morgan fingerprint density at radius 3 is 2.74 bits per heavy atom. The molecule has 0 fully saturated rings. The van der Waals surface area contributed by atoms with E-state index >= 15 is 0 Å². The van der Waals surface area contributed by atoms with Crippen molar-refractivity contribution in [1.82, 2.24) is 10.3 Å². The molecule has 0 atom stereocenters. The highest BCUT2D eigenvalue weighted by molar-refractivity contribution is 7.14. The Labute approximate surface area is 165 Å². The molecule has 2 amide bonds. The zero-order valence-electron chi connectivity index (χ0n) is 14.7. The Morgan fingerprint density at radius 2 is 1.93 bits per heavy atom. The van der Waals surface area contributed by atoms with Crippen LogP contribution < -0.4 is 10.6 Å². The molecule has 0 spiro atoms. The molecule has 0 unspecified atom stereocenters. The van der Waals surface area contributed by atoms with Gasteiger partial charge < -0.3 is 10.6 Å². The number of nitrogens with one attached hydrogen (secondary N) is 2. The summed E-state index contributed by atoms with van der Waals surface area (Å²) in [7, 11) is 0. The Kier molecular flexibility index (Phi) is 5.31. The number of aromatic nitrogens is 1. The predicted molar refractivity (Wildman–Crippen MR) is 109 cm³/mol. The summed E-state index contributed by atoms with van der Waals surface area (Å²) in [6.45, 7) is -0.0809. The molecule has 5 nitrogen and oxygen atoms in total. The van der Waals surface area contributed by atoms with Crippen molar-refractivity contribution in [3.63, 3.8) is 0 Å². The Balaban J connectivity index is 1.36. The van der Waals surface area contributed by atoms with Gasteiger partial charge in [-0.05, 0) is 54.3 Å². The highest BCUT2D eigenvalue weighted by Crippen LogP contribution is 2.29. The number of hydrogen-bond donors (Lipinski definition) is 2. The molecule has 0 saturated heterocycles. The molecular formula is C20H19N3O2S2. The molecule has 3 aromatic rings. The summed E-state index contributed by atoms with van der Waals surface area (Å²) < 4.78 is 0.